The van der Waals surface area contributed by atoms with Crippen molar-refractivity contribution in [3.8, 4) is 5.75 Å². The fraction of sp³-hybridized carbons (Fsp3) is 0.500. The number of nitrogens with zero attached hydrogens (tertiary/aromatic N) is 1. The molecule has 1 saturated heterocycles. The van der Waals surface area contributed by atoms with Gasteiger partial charge in [-0.1, -0.05) is 12.1 Å². The first-order chi connectivity index (χ1) is 11.0. The molecule has 1 atom stereocenters. The lowest BCUT2D eigenvalue weighted by atomic mass is 10.1. The van der Waals surface area contributed by atoms with Gasteiger partial charge >= 0.3 is 0 Å². The van der Waals surface area contributed by atoms with Crippen molar-refractivity contribution < 1.29 is 18.7 Å². The molecule has 1 fully saturated rings. The Morgan fingerprint density at radius 2 is 2.13 bits per heavy atom. The Kier molecular flexibility index (Phi) is 6.27. The van der Waals surface area contributed by atoms with E-state index < -0.39 is 11.9 Å². The van der Waals surface area contributed by atoms with Crippen LogP contribution in [0.25, 0.3) is 0 Å². The van der Waals surface area contributed by atoms with Gasteiger partial charge in [-0.25, -0.2) is 4.39 Å². The largest absolute Gasteiger partial charge is 0.484 e. The van der Waals surface area contributed by atoms with E-state index in [2.05, 4.69) is 5.32 Å². The minimum atomic E-state index is -0.505. The van der Waals surface area contributed by atoms with Crippen LogP contribution in [-0.4, -0.2) is 54.0 Å². The number of rotatable bonds is 7. The number of hydrogen-bond donors (Lipinski definition) is 1. The molecule has 0 unspecified atom stereocenters. The molecular weight excluding hydrogens is 319 g/mol. The standard InChI is InChI=1S/C16H21FN2O3S/c1-11(20)18-14(7-8-23-2)16(21)19-9-12(10-19)22-15-6-4-3-5-13(15)17/h3-6,12,14H,7-10H2,1-2H3,(H,18,20)/t14-/m0/s1. The lowest BCUT2D eigenvalue weighted by Gasteiger charge is -2.40. The number of thioether (sulfide) groups is 1. The molecule has 0 aromatic heterocycles. The van der Waals surface area contributed by atoms with Crippen molar-refractivity contribution >= 4 is 23.6 Å². The van der Waals surface area contributed by atoms with E-state index in [9.17, 15) is 14.0 Å². The molecule has 126 valence electrons. The fourth-order valence-electron chi connectivity index (χ4n) is 2.37. The van der Waals surface area contributed by atoms with E-state index in [-0.39, 0.29) is 23.7 Å². The van der Waals surface area contributed by atoms with Gasteiger partial charge in [0.2, 0.25) is 11.8 Å². The third kappa shape index (κ3) is 4.86. The van der Waals surface area contributed by atoms with Crippen LogP contribution in [0, 0.1) is 5.82 Å². The van der Waals surface area contributed by atoms with Gasteiger partial charge in [0.05, 0.1) is 13.1 Å². The molecule has 0 spiro atoms. The molecule has 2 rings (SSSR count). The Morgan fingerprint density at radius 3 is 2.74 bits per heavy atom. The van der Waals surface area contributed by atoms with Gasteiger partial charge in [0.25, 0.3) is 0 Å². The van der Waals surface area contributed by atoms with E-state index >= 15 is 0 Å². The molecule has 1 aliphatic rings. The van der Waals surface area contributed by atoms with E-state index in [1.165, 1.54) is 13.0 Å². The number of likely N-dealkylation sites (tertiary alicyclic amines) is 1. The normalized spacial score (nSPS) is 15.7. The zero-order valence-corrected chi connectivity index (χ0v) is 14.1. The molecule has 1 heterocycles. The maximum atomic E-state index is 13.5. The Balaban J connectivity index is 1.85. The number of amides is 2. The number of para-hydroxylation sites is 1. The topological polar surface area (TPSA) is 58.6 Å². The second kappa shape index (κ2) is 8.19. The lowest BCUT2D eigenvalue weighted by molar-refractivity contribution is -0.144. The fourth-order valence-corrected chi connectivity index (χ4v) is 2.84. The van der Waals surface area contributed by atoms with Gasteiger partial charge < -0.3 is 15.0 Å². The number of nitrogens with one attached hydrogen (secondary N) is 1. The number of ether oxygens (including phenoxy) is 1. The quantitative estimate of drug-likeness (QED) is 0.820. The molecule has 1 aromatic carbocycles. The number of hydrogen-bond acceptors (Lipinski definition) is 4. The van der Waals surface area contributed by atoms with Crippen LogP contribution in [0.4, 0.5) is 4.39 Å². The van der Waals surface area contributed by atoms with Crippen molar-refractivity contribution in [2.45, 2.75) is 25.5 Å². The van der Waals surface area contributed by atoms with Crippen LogP contribution in [0.5, 0.6) is 5.75 Å². The van der Waals surface area contributed by atoms with Crippen molar-refractivity contribution in [3.63, 3.8) is 0 Å². The second-order valence-electron chi connectivity index (χ2n) is 5.45. The Hall–Kier alpha value is -1.76. The van der Waals surface area contributed by atoms with Crippen molar-refractivity contribution in [1.29, 1.82) is 0 Å². The number of halogens is 1. The predicted molar refractivity (Wildman–Crippen MR) is 88.0 cm³/mol. The van der Waals surface area contributed by atoms with E-state index in [1.54, 1.807) is 34.9 Å². The molecule has 2 amide bonds. The summed E-state index contributed by atoms with van der Waals surface area (Å²) in [5.41, 5.74) is 0. The van der Waals surface area contributed by atoms with E-state index in [0.717, 1.165) is 5.75 Å². The van der Waals surface area contributed by atoms with Crippen molar-refractivity contribution in [2.24, 2.45) is 0 Å². The molecule has 0 aliphatic carbocycles. The zero-order valence-electron chi connectivity index (χ0n) is 13.3. The summed E-state index contributed by atoms with van der Waals surface area (Å²) in [6.07, 6.45) is 2.33. The highest BCUT2D eigenvalue weighted by atomic mass is 32.2. The van der Waals surface area contributed by atoms with Gasteiger partial charge in [-0.2, -0.15) is 11.8 Å². The second-order valence-corrected chi connectivity index (χ2v) is 6.43. The van der Waals surface area contributed by atoms with Crippen LogP contribution in [0.2, 0.25) is 0 Å². The zero-order chi connectivity index (χ0) is 16.8. The maximum Gasteiger partial charge on any atom is 0.245 e. The van der Waals surface area contributed by atoms with Crippen LogP contribution in [0.3, 0.4) is 0 Å². The lowest BCUT2D eigenvalue weighted by Crippen LogP contribution is -2.61. The van der Waals surface area contributed by atoms with Gasteiger partial charge in [0.15, 0.2) is 11.6 Å². The van der Waals surface area contributed by atoms with Crippen molar-refractivity contribution in [1.82, 2.24) is 10.2 Å². The molecule has 1 aliphatic heterocycles. The number of carbonyl (C=O) groups excluding carboxylic acids is 2. The molecular formula is C16H21FN2O3S. The minimum absolute atomic E-state index is 0.109. The van der Waals surface area contributed by atoms with E-state index in [1.807, 2.05) is 6.26 Å². The van der Waals surface area contributed by atoms with Crippen LogP contribution in [0.1, 0.15) is 13.3 Å². The third-order valence-corrected chi connectivity index (χ3v) is 4.22. The van der Waals surface area contributed by atoms with Crippen LogP contribution in [-0.2, 0) is 9.59 Å². The molecule has 23 heavy (non-hydrogen) atoms. The van der Waals surface area contributed by atoms with E-state index in [4.69, 9.17) is 4.74 Å². The van der Waals surface area contributed by atoms with Crippen LogP contribution < -0.4 is 10.1 Å². The smallest absolute Gasteiger partial charge is 0.245 e. The van der Waals surface area contributed by atoms with Crippen molar-refractivity contribution in [3.05, 3.63) is 30.1 Å². The summed E-state index contributed by atoms with van der Waals surface area (Å²) in [5, 5.41) is 2.69. The van der Waals surface area contributed by atoms with Gasteiger partial charge in [0.1, 0.15) is 12.1 Å². The Bertz CT molecular complexity index is 564. The van der Waals surface area contributed by atoms with Gasteiger partial charge in [-0.3, -0.25) is 9.59 Å². The van der Waals surface area contributed by atoms with E-state index in [0.29, 0.717) is 19.5 Å². The predicted octanol–water partition coefficient (Wildman–Crippen LogP) is 1.67. The minimum Gasteiger partial charge on any atom is -0.484 e. The van der Waals surface area contributed by atoms with Gasteiger partial charge in [0, 0.05) is 6.92 Å². The van der Waals surface area contributed by atoms with Crippen LogP contribution in [0.15, 0.2) is 24.3 Å². The number of benzene rings is 1. The first-order valence-electron chi connectivity index (χ1n) is 7.47. The SMILES string of the molecule is CSCC[C@H](NC(C)=O)C(=O)N1CC(Oc2ccccc2F)C1. The highest BCUT2D eigenvalue weighted by molar-refractivity contribution is 7.98. The Morgan fingerprint density at radius 1 is 1.43 bits per heavy atom. The van der Waals surface area contributed by atoms with Crippen LogP contribution >= 0.6 is 11.8 Å². The van der Waals surface area contributed by atoms with Gasteiger partial charge in [-0.15, -0.1) is 0 Å². The third-order valence-electron chi connectivity index (χ3n) is 3.58. The molecule has 0 saturated carbocycles. The first kappa shape index (κ1) is 17.6. The summed E-state index contributed by atoms with van der Waals surface area (Å²) in [7, 11) is 0. The summed E-state index contributed by atoms with van der Waals surface area (Å²) in [6, 6.07) is 5.71. The summed E-state index contributed by atoms with van der Waals surface area (Å²) >= 11 is 1.63. The van der Waals surface area contributed by atoms with Crippen molar-refractivity contribution in [2.75, 3.05) is 25.1 Å². The summed E-state index contributed by atoms with van der Waals surface area (Å²) < 4.78 is 19.1. The first-order valence-corrected chi connectivity index (χ1v) is 8.86. The highest BCUT2D eigenvalue weighted by Gasteiger charge is 2.36. The summed E-state index contributed by atoms with van der Waals surface area (Å²) in [4.78, 5) is 25.3. The monoisotopic (exact) mass is 340 g/mol. The molecule has 1 aromatic rings. The van der Waals surface area contributed by atoms with Gasteiger partial charge in [-0.05, 0) is 30.6 Å². The molecule has 7 heteroatoms. The number of carbonyl (C=O) groups is 2. The average Bonchev–Trinajstić information content (AvgIpc) is 2.47. The Labute approximate surface area is 139 Å². The molecule has 0 radical (unpaired) electrons. The summed E-state index contributed by atoms with van der Waals surface area (Å²) in [5.74, 6) is 0.255. The highest BCUT2D eigenvalue weighted by Crippen LogP contribution is 2.22. The molecule has 5 nitrogen and oxygen atoms in total. The maximum absolute atomic E-state index is 13.5. The summed E-state index contributed by atoms with van der Waals surface area (Å²) in [6.45, 7) is 2.21. The molecule has 0 bridgehead atoms. The average molecular weight is 340 g/mol. The molecule has 1 N–H and O–H groups in total.